The van der Waals surface area contributed by atoms with E-state index in [1.54, 1.807) is 12.1 Å². The van der Waals surface area contributed by atoms with Gasteiger partial charge in [-0.25, -0.2) is 0 Å². The molecule has 0 unspecified atom stereocenters. The zero-order valence-electron chi connectivity index (χ0n) is 8.12. The predicted molar refractivity (Wildman–Crippen MR) is 67.0 cm³/mol. The van der Waals surface area contributed by atoms with Crippen LogP contribution in [-0.4, -0.2) is 8.72 Å². The van der Waals surface area contributed by atoms with Gasteiger partial charge in [-0.3, -0.25) is 10.1 Å². The number of nitro benzene ring substituents is 1. The Morgan fingerprint density at radius 2 is 1.81 bits per heavy atom. The molecule has 1 rings (SSSR count). The number of hydrogen-bond donors (Lipinski definition) is 0. The third-order valence-electron chi connectivity index (χ3n) is 1.90. The molecule has 0 radical (unpaired) electrons. The van der Waals surface area contributed by atoms with E-state index in [9.17, 15) is 10.1 Å². The fraction of sp³-hybridized carbons (Fsp3) is 0.200. The van der Waals surface area contributed by atoms with Crippen LogP contribution < -0.4 is 0 Å². The van der Waals surface area contributed by atoms with Gasteiger partial charge < -0.3 is 0 Å². The normalized spacial score (nSPS) is 11.2. The molecule has 0 aliphatic rings. The molecule has 86 valence electrons. The number of rotatable bonds is 3. The molecule has 0 saturated carbocycles. The minimum Gasteiger partial charge on any atom is -0.258 e. The van der Waals surface area contributed by atoms with Crippen LogP contribution in [-0.2, 0) is 0 Å². The largest absolute Gasteiger partial charge is 0.269 e. The van der Waals surface area contributed by atoms with Crippen LogP contribution in [0.5, 0.6) is 0 Å². The Morgan fingerprint density at radius 3 is 2.19 bits per heavy atom. The monoisotopic (exact) mass is 279 g/mol. The molecule has 0 aliphatic carbocycles. The molecule has 0 atom stereocenters. The molecule has 0 amide bonds. The summed E-state index contributed by atoms with van der Waals surface area (Å²) in [6.07, 6.45) is 0.176. The number of halogens is 3. The molecule has 0 N–H and O–H groups in total. The Kier molecular flexibility index (Phi) is 4.19. The second kappa shape index (κ2) is 5.04. The third kappa shape index (κ3) is 4.00. The predicted octanol–water partition coefficient (Wildman–Crippen LogP) is 4.37. The highest BCUT2D eigenvalue weighted by Gasteiger charge is 2.21. The fourth-order valence-electron chi connectivity index (χ4n) is 1.16. The van der Waals surface area contributed by atoms with Crippen LogP contribution >= 0.6 is 34.8 Å². The van der Waals surface area contributed by atoms with Crippen LogP contribution in [0.2, 0.25) is 0 Å². The molecule has 0 fully saturated rings. The molecule has 16 heavy (non-hydrogen) atoms. The van der Waals surface area contributed by atoms with Crippen molar-refractivity contribution in [1.29, 1.82) is 0 Å². The number of nitrogens with zero attached hydrogens (tertiary/aromatic N) is 1. The average molecular weight is 281 g/mol. The van der Waals surface area contributed by atoms with E-state index in [0.29, 0.717) is 5.57 Å². The van der Waals surface area contributed by atoms with Crippen LogP contribution in [0.1, 0.15) is 12.0 Å². The molecular formula is C10H8Cl3NO2. The number of nitro groups is 1. The first-order valence-electron chi connectivity index (χ1n) is 4.29. The van der Waals surface area contributed by atoms with Gasteiger partial charge in [0.2, 0.25) is 0 Å². The van der Waals surface area contributed by atoms with Gasteiger partial charge in [0.25, 0.3) is 5.69 Å². The molecule has 0 aliphatic heterocycles. The zero-order chi connectivity index (χ0) is 12.3. The summed E-state index contributed by atoms with van der Waals surface area (Å²) in [6.45, 7) is 3.76. The molecule has 6 heteroatoms. The highest BCUT2D eigenvalue weighted by molar-refractivity contribution is 6.67. The maximum absolute atomic E-state index is 10.4. The Bertz CT molecular complexity index is 409. The van der Waals surface area contributed by atoms with Crippen LogP contribution in [0.3, 0.4) is 0 Å². The van der Waals surface area contributed by atoms with Crippen molar-refractivity contribution in [3.05, 3.63) is 46.5 Å². The van der Waals surface area contributed by atoms with Crippen LogP contribution in [0.15, 0.2) is 30.8 Å². The molecule has 3 nitrogen and oxygen atoms in total. The Morgan fingerprint density at radius 1 is 1.31 bits per heavy atom. The second-order valence-electron chi connectivity index (χ2n) is 3.20. The highest BCUT2D eigenvalue weighted by atomic mass is 35.6. The summed E-state index contributed by atoms with van der Waals surface area (Å²) >= 11 is 16.9. The lowest BCUT2D eigenvalue weighted by atomic mass is 10.1. The number of non-ortho nitro benzene ring substituents is 1. The maximum Gasteiger partial charge on any atom is 0.269 e. The van der Waals surface area contributed by atoms with Gasteiger partial charge in [-0.1, -0.05) is 41.4 Å². The third-order valence-corrected chi connectivity index (χ3v) is 2.30. The van der Waals surface area contributed by atoms with E-state index in [-0.39, 0.29) is 12.1 Å². The lowest BCUT2D eigenvalue weighted by Gasteiger charge is -2.12. The van der Waals surface area contributed by atoms with Crippen molar-refractivity contribution in [2.45, 2.75) is 10.2 Å². The molecule has 0 aromatic heterocycles. The summed E-state index contributed by atoms with van der Waals surface area (Å²) in [5, 5.41) is 10.4. The number of alkyl halides is 3. The summed E-state index contributed by atoms with van der Waals surface area (Å²) in [5.41, 5.74) is 1.36. The lowest BCUT2D eigenvalue weighted by molar-refractivity contribution is -0.384. The van der Waals surface area contributed by atoms with Crippen molar-refractivity contribution in [2.75, 3.05) is 0 Å². The molecular weight excluding hydrogens is 272 g/mol. The van der Waals surface area contributed by atoms with Crippen molar-refractivity contribution in [3.63, 3.8) is 0 Å². The summed E-state index contributed by atoms with van der Waals surface area (Å²) in [6, 6.07) is 5.94. The highest BCUT2D eigenvalue weighted by Crippen LogP contribution is 2.36. The van der Waals surface area contributed by atoms with Gasteiger partial charge in [-0.05, 0) is 23.3 Å². The van der Waals surface area contributed by atoms with E-state index in [1.807, 2.05) is 0 Å². The summed E-state index contributed by atoms with van der Waals surface area (Å²) in [5.74, 6) is 0. The van der Waals surface area contributed by atoms with Gasteiger partial charge in [-0.2, -0.15) is 0 Å². The van der Waals surface area contributed by atoms with Crippen LogP contribution in [0.4, 0.5) is 5.69 Å². The second-order valence-corrected chi connectivity index (χ2v) is 5.72. The summed E-state index contributed by atoms with van der Waals surface area (Å²) in [7, 11) is 0. The zero-order valence-corrected chi connectivity index (χ0v) is 10.4. The van der Waals surface area contributed by atoms with Gasteiger partial charge in [0.1, 0.15) is 0 Å². The van der Waals surface area contributed by atoms with Gasteiger partial charge >= 0.3 is 0 Å². The molecule has 0 saturated heterocycles. The summed E-state index contributed by atoms with van der Waals surface area (Å²) < 4.78 is -1.40. The first-order valence-corrected chi connectivity index (χ1v) is 5.42. The average Bonchev–Trinajstić information content (AvgIpc) is 2.15. The van der Waals surface area contributed by atoms with E-state index in [0.717, 1.165) is 5.56 Å². The molecule has 1 aromatic rings. The first-order chi connectivity index (χ1) is 7.29. The number of benzene rings is 1. The minimum absolute atomic E-state index is 0.0189. The topological polar surface area (TPSA) is 43.1 Å². The fourth-order valence-corrected chi connectivity index (χ4v) is 1.65. The van der Waals surface area contributed by atoms with Crippen molar-refractivity contribution in [2.24, 2.45) is 0 Å². The number of allylic oxidation sites excluding steroid dienone is 1. The van der Waals surface area contributed by atoms with Gasteiger partial charge in [0.05, 0.1) is 4.92 Å². The smallest absolute Gasteiger partial charge is 0.258 e. The molecule has 0 heterocycles. The van der Waals surface area contributed by atoms with Gasteiger partial charge in [0, 0.05) is 18.6 Å². The van der Waals surface area contributed by atoms with E-state index in [4.69, 9.17) is 34.8 Å². The summed E-state index contributed by atoms with van der Waals surface area (Å²) in [4.78, 5) is 9.96. The minimum atomic E-state index is -1.40. The van der Waals surface area contributed by atoms with E-state index >= 15 is 0 Å². The van der Waals surface area contributed by atoms with Gasteiger partial charge in [0.15, 0.2) is 3.79 Å². The maximum atomic E-state index is 10.4. The van der Waals surface area contributed by atoms with Crippen molar-refractivity contribution in [3.8, 4) is 0 Å². The first kappa shape index (κ1) is 13.3. The van der Waals surface area contributed by atoms with E-state index in [2.05, 4.69) is 6.58 Å². The molecule has 1 aromatic carbocycles. The van der Waals surface area contributed by atoms with Crippen molar-refractivity contribution >= 4 is 46.1 Å². The van der Waals surface area contributed by atoms with Crippen LogP contribution in [0, 0.1) is 10.1 Å². The Labute approximate surface area is 108 Å². The quantitative estimate of drug-likeness (QED) is 0.469. The molecule has 0 spiro atoms. The number of hydrogen-bond acceptors (Lipinski definition) is 2. The van der Waals surface area contributed by atoms with Crippen LogP contribution in [0.25, 0.3) is 5.57 Å². The SMILES string of the molecule is C=C(CC(Cl)(Cl)Cl)c1ccc([N+](=O)[O-])cc1. The standard InChI is InChI=1S/C10H8Cl3NO2/c1-7(6-10(11,12)13)8-2-4-9(5-3-8)14(15)16/h2-5H,1,6H2. The van der Waals surface area contributed by atoms with E-state index < -0.39 is 8.72 Å². The van der Waals surface area contributed by atoms with E-state index in [1.165, 1.54) is 12.1 Å². The Balaban J connectivity index is 2.82. The Hall–Kier alpha value is -0.770. The molecule has 0 bridgehead atoms. The lowest BCUT2D eigenvalue weighted by Crippen LogP contribution is -2.02. The van der Waals surface area contributed by atoms with Gasteiger partial charge in [-0.15, -0.1) is 0 Å². The van der Waals surface area contributed by atoms with Crippen molar-refractivity contribution < 1.29 is 4.92 Å². The van der Waals surface area contributed by atoms with Crippen molar-refractivity contribution in [1.82, 2.24) is 0 Å².